The summed E-state index contributed by atoms with van der Waals surface area (Å²) in [6.07, 6.45) is 4.84. The van der Waals surface area contributed by atoms with Crippen LogP contribution in [0.4, 0.5) is 10.7 Å². The topological polar surface area (TPSA) is 95.4 Å². The SMILES string of the molecule is O=C(O)CCN(C(=O)Nc1ncccn1)C1CC1. The summed E-state index contributed by atoms with van der Waals surface area (Å²) in [6.45, 7) is 0.207. The molecule has 0 bridgehead atoms. The van der Waals surface area contributed by atoms with E-state index < -0.39 is 5.97 Å². The molecule has 1 saturated carbocycles. The molecule has 2 rings (SSSR count). The summed E-state index contributed by atoms with van der Waals surface area (Å²) < 4.78 is 0. The van der Waals surface area contributed by atoms with Gasteiger partial charge in [-0.25, -0.2) is 14.8 Å². The van der Waals surface area contributed by atoms with Crippen molar-refractivity contribution in [3.8, 4) is 0 Å². The number of hydrogen-bond donors (Lipinski definition) is 2. The third-order valence-corrected chi connectivity index (χ3v) is 2.60. The van der Waals surface area contributed by atoms with Crippen molar-refractivity contribution < 1.29 is 14.7 Å². The van der Waals surface area contributed by atoms with E-state index in [1.54, 1.807) is 6.07 Å². The lowest BCUT2D eigenvalue weighted by Crippen LogP contribution is -2.38. The molecule has 96 valence electrons. The van der Waals surface area contributed by atoms with E-state index in [0.717, 1.165) is 12.8 Å². The summed E-state index contributed by atoms with van der Waals surface area (Å²) >= 11 is 0. The van der Waals surface area contributed by atoms with Crippen LogP contribution in [0.5, 0.6) is 0 Å². The molecular weight excluding hydrogens is 236 g/mol. The molecule has 0 saturated heterocycles. The zero-order valence-electron chi connectivity index (χ0n) is 9.74. The Hall–Kier alpha value is -2.18. The third-order valence-electron chi connectivity index (χ3n) is 2.60. The Labute approximate surface area is 104 Å². The molecule has 0 unspecified atom stereocenters. The summed E-state index contributed by atoms with van der Waals surface area (Å²) in [5.74, 6) is -0.687. The van der Waals surface area contributed by atoms with Gasteiger partial charge in [-0.1, -0.05) is 0 Å². The largest absolute Gasteiger partial charge is 0.481 e. The quantitative estimate of drug-likeness (QED) is 0.811. The highest BCUT2D eigenvalue weighted by Crippen LogP contribution is 2.27. The van der Waals surface area contributed by atoms with Gasteiger partial charge in [0.1, 0.15) is 0 Å². The van der Waals surface area contributed by atoms with E-state index in [-0.39, 0.29) is 31.0 Å². The third kappa shape index (κ3) is 3.41. The normalized spacial score (nSPS) is 14.0. The average Bonchev–Trinajstić information content (AvgIpc) is 3.14. The van der Waals surface area contributed by atoms with Crippen molar-refractivity contribution in [3.63, 3.8) is 0 Å². The van der Waals surface area contributed by atoms with Crippen LogP contribution in [0, 0.1) is 0 Å². The molecule has 1 aliphatic carbocycles. The number of hydrogen-bond acceptors (Lipinski definition) is 4. The number of rotatable bonds is 5. The fraction of sp³-hybridized carbons (Fsp3) is 0.455. The maximum absolute atomic E-state index is 11.9. The smallest absolute Gasteiger partial charge is 0.324 e. The first-order valence-electron chi connectivity index (χ1n) is 5.73. The number of aromatic nitrogens is 2. The molecule has 1 aromatic rings. The first-order chi connectivity index (χ1) is 8.66. The van der Waals surface area contributed by atoms with E-state index in [0.29, 0.717) is 0 Å². The molecule has 1 fully saturated rings. The number of carboxylic acid groups (broad SMARTS) is 1. The Morgan fingerprint density at radius 1 is 1.39 bits per heavy atom. The standard InChI is InChI=1S/C11H14N4O3/c16-9(17)4-7-15(8-2-3-8)11(18)14-10-12-5-1-6-13-10/h1,5-6,8H,2-4,7H2,(H,16,17)(H,12,13,14,18). The molecule has 7 heteroatoms. The number of amides is 2. The zero-order valence-corrected chi connectivity index (χ0v) is 9.74. The van der Waals surface area contributed by atoms with Crippen molar-refractivity contribution in [3.05, 3.63) is 18.5 Å². The predicted octanol–water partition coefficient (Wildman–Crippen LogP) is 0.948. The highest BCUT2D eigenvalue weighted by Gasteiger charge is 2.32. The molecule has 7 nitrogen and oxygen atoms in total. The van der Waals surface area contributed by atoms with Gasteiger partial charge in [-0.2, -0.15) is 0 Å². The van der Waals surface area contributed by atoms with Crippen molar-refractivity contribution in [2.75, 3.05) is 11.9 Å². The number of nitrogens with one attached hydrogen (secondary N) is 1. The molecule has 0 spiro atoms. The molecule has 1 aliphatic rings. The van der Waals surface area contributed by atoms with E-state index in [9.17, 15) is 9.59 Å². The molecule has 0 aliphatic heterocycles. The van der Waals surface area contributed by atoms with Gasteiger partial charge in [-0.15, -0.1) is 0 Å². The monoisotopic (exact) mass is 250 g/mol. The van der Waals surface area contributed by atoms with Gasteiger partial charge >= 0.3 is 12.0 Å². The van der Waals surface area contributed by atoms with Crippen LogP contribution in [0.15, 0.2) is 18.5 Å². The van der Waals surface area contributed by atoms with Crippen LogP contribution in [-0.2, 0) is 4.79 Å². The first-order valence-corrected chi connectivity index (χ1v) is 5.73. The number of carbonyl (C=O) groups is 2. The number of urea groups is 1. The van der Waals surface area contributed by atoms with Gasteiger partial charge in [0, 0.05) is 25.0 Å². The zero-order chi connectivity index (χ0) is 13.0. The summed E-state index contributed by atoms with van der Waals surface area (Å²) in [5, 5.41) is 11.2. The molecule has 1 heterocycles. The van der Waals surface area contributed by atoms with Gasteiger partial charge in [0.05, 0.1) is 6.42 Å². The van der Waals surface area contributed by atoms with Gasteiger partial charge in [-0.3, -0.25) is 10.1 Å². The Morgan fingerprint density at radius 2 is 2.06 bits per heavy atom. The second-order valence-electron chi connectivity index (χ2n) is 4.07. The fourth-order valence-corrected chi connectivity index (χ4v) is 1.58. The first kappa shape index (κ1) is 12.3. The lowest BCUT2D eigenvalue weighted by Gasteiger charge is -2.21. The van der Waals surface area contributed by atoms with Crippen molar-refractivity contribution in [2.45, 2.75) is 25.3 Å². The minimum atomic E-state index is -0.913. The van der Waals surface area contributed by atoms with Crippen LogP contribution in [-0.4, -0.2) is 44.6 Å². The summed E-state index contributed by atoms with van der Waals surface area (Å²) in [6, 6.07) is 1.46. The van der Waals surface area contributed by atoms with Crippen molar-refractivity contribution in [2.24, 2.45) is 0 Å². The van der Waals surface area contributed by atoms with E-state index in [1.807, 2.05) is 0 Å². The summed E-state index contributed by atoms with van der Waals surface area (Å²) in [4.78, 5) is 31.8. The summed E-state index contributed by atoms with van der Waals surface area (Å²) in [7, 11) is 0. The Bertz CT molecular complexity index is 433. The molecule has 0 atom stereocenters. The molecule has 0 aromatic carbocycles. The van der Waals surface area contributed by atoms with Gasteiger partial charge in [0.2, 0.25) is 5.95 Å². The van der Waals surface area contributed by atoms with Crippen LogP contribution < -0.4 is 5.32 Å². The van der Waals surface area contributed by atoms with Crippen LogP contribution in [0.2, 0.25) is 0 Å². The Kier molecular flexibility index (Phi) is 3.71. The van der Waals surface area contributed by atoms with Gasteiger partial charge in [0.15, 0.2) is 0 Å². The fourth-order valence-electron chi connectivity index (χ4n) is 1.58. The van der Waals surface area contributed by atoms with Crippen molar-refractivity contribution in [1.29, 1.82) is 0 Å². The lowest BCUT2D eigenvalue weighted by atomic mass is 10.4. The average molecular weight is 250 g/mol. The maximum atomic E-state index is 11.9. The molecule has 0 radical (unpaired) electrons. The number of carbonyl (C=O) groups excluding carboxylic acids is 1. The van der Waals surface area contributed by atoms with Crippen molar-refractivity contribution >= 4 is 17.9 Å². The summed E-state index contributed by atoms with van der Waals surface area (Å²) in [5.41, 5.74) is 0. The Morgan fingerprint density at radius 3 is 2.61 bits per heavy atom. The number of anilines is 1. The van der Waals surface area contributed by atoms with Crippen LogP contribution in [0.1, 0.15) is 19.3 Å². The number of carboxylic acids is 1. The van der Waals surface area contributed by atoms with Crippen LogP contribution in [0.3, 0.4) is 0 Å². The predicted molar refractivity (Wildman–Crippen MR) is 63.0 cm³/mol. The van der Waals surface area contributed by atoms with Gasteiger partial charge in [0.25, 0.3) is 0 Å². The van der Waals surface area contributed by atoms with E-state index in [1.165, 1.54) is 17.3 Å². The number of nitrogens with zero attached hydrogens (tertiary/aromatic N) is 3. The molecular formula is C11H14N4O3. The molecule has 18 heavy (non-hydrogen) atoms. The minimum Gasteiger partial charge on any atom is -0.481 e. The van der Waals surface area contributed by atoms with Gasteiger partial charge < -0.3 is 10.0 Å². The maximum Gasteiger partial charge on any atom is 0.324 e. The van der Waals surface area contributed by atoms with E-state index >= 15 is 0 Å². The number of aliphatic carboxylic acids is 1. The molecule has 1 aromatic heterocycles. The van der Waals surface area contributed by atoms with E-state index in [4.69, 9.17) is 5.11 Å². The minimum absolute atomic E-state index is 0.0560. The highest BCUT2D eigenvalue weighted by molar-refractivity contribution is 5.88. The second-order valence-corrected chi connectivity index (χ2v) is 4.07. The van der Waals surface area contributed by atoms with Crippen molar-refractivity contribution in [1.82, 2.24) is 14.9 Å². The Balaban J connectivity index is 1.93. The van der Waals surface area contributed by atoms with Crippen LogP contribution >= 0.6 is 0 Å². The second kappa shape index (κ2) is 5.44. The van der Waals surface area contributed by atoms with Crippen LogP contribution in [0.25, 0.3) is 0 Å². The van der Waals surface area contributed by atoms with E-state index in [2.05, 4.69) is 15.3 Å². The van der Waals surface area contributed by atoms with Gasteiger partial charge in [-0.05, 0) is 18.9 Å². The lowest BCUT2D eigenvalue weighted by molar-refractivity contribution is -0.137. The molecule has 2 amide bonds. The highest BCUT2D eigenvalue weighted by atomic mass is 16.4. The molecule has 2 N–H and O–H groups in total.